The summed E-state index contributed by atoms with van der Waals surface area (Å²) in [5.41, 5.74) is 0. The van der Waals surface area contributed by atoms with E-state index in [2.05, 4.69) is 9.71 Å². The van der Waals surface area contributed by atoms with Gasteiger partial charge >= 0.3 is 0 Å². The van der Waals surface area contributed by atoms with E-state index in [4.69, 9.17) is 4.74 Å². The van der Waals surface area contributed by atoms with Gasteiger partial charge in [-0.2, -0.15) is 0 Å². The zero-order valence-corrected chi connectivity index (χ0v) is 12.8. The first kappa shape index (κ1) is 15.3. The van der Waals surface area contributed by atoms with Crippen LogP contribution in [0.3, 0.4) is 0 Å². The fourth-order valence-electron chi connectivity index (χ4n) is 2.25. The highest BCUT2D eigenvalue weighted by Crippen LogP contribution is 2.23. The minimum Gasteiger partial charge on any atom is -0.474 e. The summed E-state index contributed by atoms with van der Waals surface area (Å²) in [5.74, 6) is 0.638. The summed E-state index contributed by atoms with van der Waals surface area (Å²) in [6, 6.07) is 5.62. The molecule has 5 nitrogen and oxygen atoms in total. The lowest BCUT2D eigenvalue weighted by Gasteiger charge is -2.29. The van der Waals surface area contributed by atoms with Crippen LogP contribution >= 0.6 is 0 Å². The number of hydrogen-bond acceptors (Lipinski definition) is 4. The fourth-order valence-corrected chi connectivity index (χ4v) is 3.23. The van der Waals surface area contributed by atoms with Gasteiger partial charge in [0.2, 0.25) is 15.9 Å². The van der Waals surface area contributed by atoms with Gasteiger partial charge in [-0.3, -0.25) is 0 Å². The second kappa shape index (κ2) is 6.54. The van der Waals surface area contributed by atoms with Crippen molar-refractivity contribution in [1.82, 2.24) is 9.71 Å². The average molecular weight is 298 g/mol. The van der Waals surface area contributed by atoms with E-state index in [1.165, 1.54) is 0 Å². The fraction of sp³-hybridized carbons (Fsp3) is 0.643. The molecule has 0 amide bonds. The minimum atomic E-state index is -3.18. The number of ether oxygens (including phenoxy) is 1. The topological polar surface area (TPSA) is 68.3 Å². The molecule has 6 heteroatoms. The smallest absolute Gasteiger partial charge is 0.214 e. The Labute approximate surface area is 120 Å². The number of rotatable bonds is 5. The van der Waals surface area contributed by atoms with Crippen LogP contribution in [0.4, 0.5) is 0 Å². The summed E-state index contributed by atoms with van der Waals surface area (Å²) in [7, 11) is -3.18. The Morgan fingerprint density at radius 3 is 2.50 bits per heavy atom. The quantitative estimate of drug-likeness (QED) is 0.904. The number of aromatic nitrogens is 1. The predicted octanol–water partition coefficient (Wildman–Crippen LogP) is 2.10. The molecule has 1 aliphatic rings. The van der Waals surface area contributed by atoms with Gasteiger partial charge in [0.1, 0.15) is 6.10 Å². The molecule has 1 aromatic heterocycles. The molecular weight excluding hydrogens is 276 g/mol. The molecule has 0 unspecified atom stereocenters. The molecule has 0 spiro atoms. The molecule has 2 rings (SSSR count). The zero-order chi connectivity index (χ0) is 14.6. The lowest BCUT2D eigenvalue weighted by Crippen LogP contribution is -2.42. The maximum Gasteiger partial charge on any atom is 0.214 e. The van der Waals surface area contributed by atoms with Crippen LogP contribution in [0.2, 0.25) is 0 Å². The highest BCUT2D eigenvalue weighted by molar-refractivity contribution is 7.90. The molecule has 1 aromatic rings. The van der Waals surface area contributed by atoms with Crippen LogP contribution in [0, 0.1) is 0 Å². The van der Waals surface area contributed by atoms with Crippen LogP contribution in [0.5, 0.6) is 5.88 Å². The standard InChI is InChI=1S/C14H22N2O3S/c1-11(2)20(17,18)16-12-6-8-13(9-7-12)19-14-5-3-4-10-15-14/h3-5,10-13,16H,6-9H2,1-2H3. The molecule has 0 aromatic carbocycles. The molecule has 0 aliphatic heterocycles. The third-order valence-corrected chi connectivity index (χ3v) is 5.45. The van der Waals surface area contributed by atoms with Crippen molar-refractivity contribution in [3.63, 3.8) is 0 Å². The van der Waals surface area contributed by atoms with E-state index < -0.39 is 10.0 Å². The molecule has 0 radical (unpaired) electrons. The van der Waals surface area contributed by atoms with Crippen molar-refractivity contribution in [1.29, 1.82) is 0 Å². The Kier molecular flexibility index (Phi) is 4.99. The second-order valence-corrected chi connectivity index (χ2v) is 7.74. The molecule has 1 N–H and O–H groups in total. The third kappa shape index (κ3) is 4.18. The molecule has 1 heterocycles. The van der Waals surface area contributed by atoms with Crippen LogP contribution in [0.15, 0.2) is 24.4 Å². The van der Waals surface area contributed by atoms with Crippen molar-refractivity contribution in [2.24, 2.45) is 0 Å². The summed E-state index contributed by atoms with van der Waals surface area (Å²) in [6.45, 7) is 3.39. The number of nitrogens with zero attached hydrogens (tertiary/aromatic N) is 1. The van der Waals surface area contributed by atoms with E-state index in [0.29, 0.717) is 5.88 Å². The van der Waals surface area contributed by atoms with Gasteiger partial charge < -0.3 is 4.74 Å². The van der Waals surface area contributed by atoms with E-state index in [9.17, 15) is 8.42 Å². The van der Waals surface area contributed by atoms with Gasteiger partial charge in [0.05, 0.1) is 5.25 Å². The maximum absolute atomic E-state index is 11.8. The van der Waals surface area contributed by atoms with Gasteiger partial charge in [-0.25, -0.2) is 18.1 Å². The summed E-state index contributed by atoms with van der Waals surface area (Å²) in [5, 5.41) is -0.384. The minimum absolute atomic E-state index is 0.0333. The van der Waals surface area contributed by atoms with Gasteiger partial charge in [-0.15, -0.1) is 0 Å². The normalized spacial score (nSPS) is 23.8. The number of hydrogen-bond donors (Lipinski definition) is 1. The maximum atomic E-state index is 11.8. The first-order valence-electron chi connectivity index (χ1n) is 7.06. The lowest BCUT2D eigenvalue weighted by atomic mass is 9.94. The largest absolute Gasteiger partial charge is 0.474 e. The van der Waals surface area contributed by atoms with Crippen molar-refractivity contribution >= 4 is 10.0 Å². The van der Waals surface area contributed by atoms with E-state index in [0.717, 1.165) is 25.7 Å². The summed E-state index contributed by atoms with van der Waals surface area (Å²) >= 11 is 0. The molecule has 1 saturated carbocycles. The van der Waals surface area contributed by atoms with Crippen LogP contribution in [-0.4, -0.2) is 30.8 Å². The van der Waals surface area contributed by atoms with E-state index in [1.807, 2.05) is 18.2 Å². The first-order chi connectivity index (χ1) is 9.47. The van der Waals surface area contributed by atoms with Crippen molar-refractivity contribution in [2.75, 3.05) is 0 Å². The molecular formula is C14H22N2O3S. The molecule has 0 saturated heterocycles. The average Bonchev–Trinajstić information content (AvgIpc) is 2.42. The Bertz CT molecular complexity index is 508. The van der Waals surface area contributed by atoms with Crippen LogP contribution < -0.4 is 9.46 Å². The summed E-state index contributed by atoms with van der Waals surface area (Å²) in [4.78, 5) is 4.14. The van der Waals surface area contributed by atoms with Gasteiger partial charge in [0, 0.05) is 18.3 Å². The van der Waals surface area contributed by atoms with Crippen LogP contribution in [0.1, 0.15) is 39.5 Å². The summed E-state index contributed by atoms with van der Waals surface area (Å²) in [6.07, 6.45) is 5.15. The Balaban J connectivity index is 1.81. The van der Waals surface area contributed by atoms with E-state index in [-0.39, 0.29) is 17.4 Å². The van der Waals surface area contributed by atoms with Gasteiger partial charge in [0.15, 0.2) is 0 Å². The molecule has 20 heavy (non-hydrogen) atoms. The molecule has 0 atom stereocenters. The van der Waals surface area contributed by atoms with Gasteiger partial charge in [-0.1, -0.05) is 6.07 Å². The summed E-state index contributed by atoms with van der Waals surface area (Å²) < 4.78 is 32.2. The van der Waals surface area contributed by atoms with E-state index >= 15 is 0 Å². The SMILES string of the molecule is CC(C)S(=O)(=O)NC1CCC(Oc2ccccn2)CC1. The van der Waals surface area contributed by atoms with Crippen LogP contribution in [-0.2, 0) is 10.0 Å². The van der Waals surface area contributed by atoms with Gasteiger partial charge in [-0.05, 0) is 45.6 Å². The van der Waals surface area contributed by atoms with Crippen molar-refractivity contribution in [3.8, 4) is 5.88 Å². The number of sulfonamides is 1. The molecule has 0 bridgehead atoms. The zero-order valence-electron chi connectivity index (χ0n) is 12.0. The number of nitrogens with one attached hydrogen (secondary N) is 1. The molecule has 1 fully saturated rings. The molecule has 1 aliphatic carbocycles. The lowest BCUT2D eigenvalue weighted by molar-refractivity contribution is 0.138. The Morgan fingerprint density at radius 2 is 1.95 bits per heavy atom. The third-order valence-electron chi connectivity index (χ3n) is 3.55. The van der Waals surface area contributed by atoms with E-state index in [1.54, 1.807) is 20.0 Å². The van der Waals surface area contributed by atoms with Crippen LogP contribution in [0.25, 0.3) is 0 Å². The monoisotopic (exact) mass is 298 g/mol. The Hall–Kier alpha value is -1.14. The number of pyridine rings is 1. The molecule has 112 valence electrons. The highest BCUT2D eigenvalue weighted by atomic mass is 32.2. The first-order valence-corrected chi connectivity index (χ1v) is 8.61. The highest BCUT2D eigenvalue weighted by Gasteiger charge is 2.27. The van der Waals surface area contributed by atoms with Crippen molar-refractivity contribution in [3.05, 3.63) is 24.4 Å². The second-order valence-electron chi connectivity index (χ2n) is 5.47. The predicted molar refractivity (Wildman–Crippen MR) is 78.1 cm³/mol. The van der Waals surface area contributed by atoms with Crippen molar-refractivity contribution in [2.45, 2.75) is 56.9 Å². The van der Waals surface area contributed by atoms with Crippen molar-refractivity contribution < 1.29 is 13.2 Å². The Morgan fingerprint density at radius 1 is 1.25 bits per heavy atom. The van der Waals surface area contributed by atoms with Gasteiger partial charge in [0.25, 0.3) is 0 Å².